The maximum Gasteiger partial charge on any atom is 0.140 e. The van der Waals surface area contributed by atoms with Crippen molar-refractivity contribution in [1.82, 2.24) is 0 Å². The normalized spacial score (nSPS) is 13.4. The van der Waals surface area contributed by atoms with Crippen LogP contribution in [0.2, 0.25) is 0 Å². The van der Waals surface area contributed by atoms with Crippen molar-refractivity contribution < 1.29 is 9.47 Å². The smallest absolute Gasteiger partial charge is 0.140 e. The maximum atomic E-state index is 6.75. The van der Waals surface area contributed by atoms with Crippen LogP contribution < -0.4 is 25.4 Å². The molecule has 0 unspecified atom stereocenters. The first-order chi connectivity index (χ1) is 19.3. The number of fused-ring (bicyclic) bond motifs is 9. The van der Waals surface area contributed by atoms with E-state index in [2.05, 4.69) is 127 Å². The number of hydrogen-bond acceptors (Lipinski definition) is 2. The quantitative estimate of drug-likeness (QED) is 0.203. The third-order valence-corrected chi connectivity index (χ3v) is 10.7. The second-order valence-corrected chi connectivity index (χ2v) is 12.2. The van der Waals surface area contributed by atoms with Crippen molar-refractivity contribution in [3.63, 3.8) is 0 Å². The van der Waals surface area contributed by atoms with Crippen molar-refractivity contribution in [2.24, 2.45) is 0 Å². The van der Waals surface area contributed by atoms with E-state index in [1.54, 1.807) is 0 Å². The molecule has 3 heteroatoms. The number of ether oxygens (including phenoxy) is 2. The molecule has 0 saturated carbocycles. The first kappa shape index (κ1) is 21.3. The van der Waals surface area contributed by atoms with Crippen LogP contribution in [0.4, 0.5) is 0 Å². The molecule has 182 valence electrons. The Morgan fingerprint density at radius 2 is 0.872 bits per heavy atom. The minimum absolute atomic E-state index is 0.892. The highest BCUT2D eigenvalue weighted by Gasteiger charge is 2.39. The summed E-state index contributed by atoms with van der Waals surface area (Å²) in [6, 6.07) is 45.5. The zero-order valence-corrected chi connectivity index (χ0v) is 21.8. The summed E-state index contributed by atoms with van der Waals surface area (Å²) < 4.78 is 13.5. The Balaban J connectivity index is 1.35. The van der Waals surface area contributed by atoms with Crippen LogP contribution in [0.25, 0.3) is 43.4 Å². The third-order valence-electron chi connectivity index (χ3n) is 7.96. The zero-order chi connectivity index (χ0) is 25.5. The van der Waals surface area contributed by atoms with Crippen molar-refractivity contribution in [2.75, 3.05) is 0 Å². The van der Waals surface area contributed by atoms with E-state index in [1.807, 2.05) is 0 Å². The highest BCUT2D eigenvalue weighted by Crippen LogP contribution is 2.56. The van der Waals surface area contributed by atoms with Crippen molar-refractivity contribution >= 4 is 56.2 Å². The molecule has 0 N–H and O–H groups in total. The summed E-state index contributed by atoms with van der Waals surface area (Å²) in [6.45, 7) is 0. The van der Waals surface area contributed by atoms with Crippen molar-refractivity contribution in [1.29, 1.82) is 0 Å². The molecule has 0 saturated heterocycles. The first-order valence-electron chi connectivity index (χ1n) is 13.2. The lowest BCUT2D eigenvalue weighted by Crippen LogP contribution is -2.32. The van der Waals surface area contributed by atoms with Crippen LogP contribution in [0.3, 0.4) is 0 Å². The van der Waals surface area contributed by atoms with E-state index in [4.69, 9.17) is 9.47 Å². The molecule has 0 radical (unpaired) electrons. The predicted octanol–water partition coefficient (Wildman–Crippen LogP) is 8.78. The minimum atomic E-state index is -0.910. The van der Waals surface area contributed by atoms with E-state index in [9.17, 15) is 0 Å². The lowest BCUT2D eigenvalue weighted by Gasteiger charge is -2.36. The molecule has 2 aliphatic rings. The highest BCUT2D eigenvalue weighted by atomic mass is 31.1. The second kappa shape index (κ2) is 7.93. The molecular formula is C36H21O2P. The van der Waals surface area contributed by atoms with Crippen LogP contribution in [0.1, 0.15) is 0 Å². The summed E-state index contributed by atoms with van der Waals surface area (Å²) in [7, 11) is -0.910. The molecule has 0 spiro atoms. The van der Waals surface area contributed by atoms with Gasteiger partial charge in [-0.3, -0.25) is 0 Å². The Kier molecular flexibility index (Phi) is 4.33. The SMILES string of the molecule is c1ccc2cc(-c3cc4c5c(c3)Oc3ccc6ccccc6c3P5c3c(ccc5ccccc35)O4)ccc2c1. The van der Waals surface area contributed by atoms with Gasteiger partial charge in [0.1, 0.15) is 23.0 Å². The Bertz CT molecular complexity index is 2040. The highest BCUT2D eigenvalue weighted by molar-refractivity contribution is 7.81. The monoisotopic (exact) mass is 516 g/mol. The van der Waals surface area contributed by atoms with E-state index in [1.165, 1.54) is 48.2 Å². The van der Waals surface area contributed by atoms with Gasteiger partial charge in [0.15, 0.2) is 0 Å². The molecule has 2 nitrogen and oxygen atoms in total. The summed E-state index contributed by atoms with van der Waals surface area (Å²) in [5, 5.41) is 11.1. The van der Waals surface area contributed by atoms with Gasteiger partial charge in [-0.25, -0.2) is 0 Å². The average Bonchev–Trinajstić information content (AvgIpc) is 3.00. The zero-order valence-electron chi connectivity index (χ0n) is 20.9. The molecule has 2 heterocycles. The molecule has 0 atom stereocenters. The Hall–Kier alpha value is -4.65. The number of benzene rings is 7. The first-order valence-corrected chi connectivity index (χ1v) is 14.5. The Morgan fingerprint density at radius 1 is 0.359 bits per heavy atom. The lowest BCUT2D eigenvalue weighted by molar-refractivity contribution is 0.467. The largest absolute Gasteiger partial charge is 0.456 e. The van der Waals surface area contributed by atoms with Crippen LogP contribution in [0.15, 0.2) is 127 Å². The predicted molar refractivity (Wildman–Crippen MR) is 163 cm³/mol. The van der Waals surface area contributed by atoms with Gasteiger partial charge < -0.3 is 9.47 Å². The molecule has 2 aliphatic heterocycles. The van der Waals surface area contributed by atoms with Gasteiger partial charge in [0.25, 0.3) is 0 Å². The molecule has 0 aliphatic carbocycles. The summed E-state index contributed by atoms with van der Waals surface area (Å²) >= 11 is 0. The van der Waals surface area contributed by atoms with Gasteiger partial charge in [0.2, 0.25) is 0 Å². The maximum absolute atomic E-state index is 6.75. The fourth-order valence-electron chi connectivity index (χ4n) is 6.16. The van der Waals surface area contributed by atoms with Crippen LogP contribution in [0, 0.1) is 0 Å². The van der Waals surface area contributed by atoms with Gasteiger partial charge in [0, 0.05) is 18.5 Å². The molecule has 0 aromatic heterocycles. The second-order valence-electron chi connectivity index (χ2n) is 10.2. The molecular weight excluding hydrogens is 495 g/mol. The Labute approximate surface area is 226 Å². The third kappa shape index (κ3) is 3.07. The molecule has 7 aromatic carbocycles. The summed E-state index contributed by atoms with van der Waals surface area (Å²) in [5.41, 5.74) is 2.25. The summed E-state index contributed by atoms with van der Waals surface area (Å²) in [5.74, 6) is 3.66. The van der Waals surface area contributed by atoms with Crippen LogP contribution >= 0.6 is 7.92 Å². The topological polar surface area (TPSA) is 18.5 Å². The Morgan fingerprint density at radius 3 is 1.49 bits per heavy atom. The van der Waals surface area contributed by atoms with Crippen molar-refractivity contribution in [3.8, 4) is 34.1 Å². The van der Waals surface area contributed by atoms with Gasteiger partial charge >= 0.3 is 0 Å². The molecule has 0 fully saturated rings. The number of rotatable bonds is 1. The van der Waals surface area contributed by atoms with E-state index >= 15 is 0 Å². The fraction of sp³-hybridized carbons (Fsp3) is 0. The fourth-order valence-corrected chi connectivity index (χ4v) is 9.06. The number of hydrogen-bond donors (Lipinski definition) is 0. The standard InChI is InChI=1S/C36H21O2P/c1-2-10-25-19-26(14-13-22(25)7-1)27-20-32-36-33(21-27)38-31-18-16-24-9-4-6-12-29(24)35(31)39(36)34-28-11-5-3-8-23(28)15-17-30(34)37-32/h1-21H. The van der Waals surface area contributed by atoms with Crippen LogP contribution in [0.5, 0.6) is 23.0 Å². The molecule has 9 rings (SSSR count). The van der Waals surface area contributed by atoms with E-state index < -0.39 is 7.92 Å². The molecule has 39 heavy (non-hydrogen) atoms. The lowest BCUT2D eigenvalue weighted by atomic mass is 10.0. The average molecular weight is 517 g/mol. The van der Waals surface area contributed by atoms with Gasteiger partial charge in [-0.15, -0.1) is 0 Å². The van der Waals surface area contributed by atoms with Crippen LogP contribution in [-0.2, 0) is 0 Å². The molecule has 0 bridgehead atoms. The molecule has 7 aromatic rings. The van der Waals surface area contributed by atoms with Gasteiger partial charge in [-0.05, 0) is 73.8 Å². The van der Waals surface area contributed by atoms with Crippen LogP contribution in [-0.4, -0.2) is 0 Å². The van der Waals surface area contributed by atoms with Gasteiger partial charge in [0.05, 0.1) is 5.30 Å². The summed E-state index contributed by atoms with van der Waals surface area (Å²) in [4.78, 5) is 0. The molecule has 0 amide bonds. The van der Waals surface area contributed by atoms with Gasteiger partial charge in [-0.2, -0.15) is 0 Å². The minimum Gasteiger partial charge on any atom is -0.456 e. The van der Waals surface area contributed by atoms with E-state index in [0.29, 0.717) is 0 Å². The summed E-state index contributed by atoms with van der Waals surface area (Å²) in [6.07, 6.45) is 0. The van der Waals surface area contributed by atoms with Gasteiger partial charge in [-0.1, -0.05) is 97.1 Å². The van der Waals surface area contributed by atoms with E-state index in [-0.39, 0.29) is 0 Å². The van der Waals surface area contributed by atoms with Crippen molar-refractivity contribution in [2.45, 2.75) is 0 Å². The van der Waals surface area contributed by atoms with Crippen molar-refractivity contribution in [3.05, 3.63) is 127 Å². The van der Waals surface area contributed by atoms with E-state index in [0.717, 1.165) is 34.1 Å².